The number of ether oxygens (including phenoxy) is 1. The number of aliphatic hydroxyl groups excluding tert-OH is 1. The number of aliphatic hydroxyl groups is 1. The van der Waals surface area contributed by atoms with Gasteiger partial charge < -0.3 is 24.5 Å². The zero-order valence-electron chi connectivity index (χ0n) is 23.8. The molecule has 2 unspecified atom stereocenters. The number of hydrogen-bond donors (Lipinski definition) is 1. The molecule has 3 rings (SSSR count). The first-order valence-electron chi connectivity index (χ1n) is 14.7. The van der Waals surface area contributed by atoms with E-state index >= 15 is 0 Å². The quantitative estimate of drug-likeness (QED) is 0.229. The minimum atomic E-state index is -1.00. The van der Waals surface area contributed by atoms with E-state index in [0.717, 1.165) is 32.1 Å². The van der Waals surface area contributed by atoms with E-state index in [4.69, 9.17) is 4.74 Å². The Hall–Kier alpha value is -2.19. The lowest BCUT2D eigenvalue weighted by atomic mass is 9.66. The number of nitrogens with zero attached hydrogens (tertiary/aromatic N) is 3. The van der Waals surface area contributed by atoms with Crippen LogP contribution in [0.3, 0.4) is 0 Å². The molecule has 38 heavy (non-hydrogen) atoms. The monoisotopic (exact) mass is 531 g/mol. The fourth-order valence-electron chi connectivity index (χ4n) is 6.98. The van der Waals surface area contributed by atoms with Crippen LogP contribution in [0.25, 0.3) is 0 Å². The van der Waals surface area contributed by atoms with Gasteiger partial charge in [-0.3, -0.25) is 14.4 Å². The number of hydrogen-bond acceptors (Lipinski definition) is 5. The molecule has 0 aliphatic carbocycles. The molecule has 1 N–H and O–H groups in total. The fraction of sp³-hybridized carbons (Fsp3) is 0.767. The summed E-state index contributed by atoms with van der Waals surface area (Å²) in [6.07, 6.45) is 10.5. The van der Waals surface area contributed by atoms with E-state index in [-0.39, 0.29) is 24.3 Å². The summed E-state index contributed by atoms with van der Waals surface area (Å²) in [5.41, 5.74) is -1.78. The van der Waals surface area contributed by atoms with E-state index in [0.29, 0.717) is 58.4 Å². The van der Waals surface area contributed by atoms with Crippen LogP contribution < -0.4 is 0 Å². The van der Waals surface area contributed by atoms with Gasteiger partial charge in [-0.2, -0.15) is 0 Å². The van der Waals surface area contributed by atoms with Crippen molar-refractivity contribution in [1.29, 1.82) is 0 Å². The Kier molecular flexibility index (Phi) is 10.6. The van der Waals surface area contributed by atoms with Crippen LogP contribution in [-0.4, -0.2) is 94.1 Å². The van der Waals surface area contributed by atoms with E-state index in [1.807, 2.05) is 18.7 Å². The van der Waals surface area contributed by atoms with Crippen LogP contribution in [0.5, 0.6) is 0 Å². The van der Waals surface area contributed by atoms with Gasteiger partial charge in [-0.1, -0.05) is 38.8 Å². The highest BCUT2D eigenvalue weighted by Crippen LogP contribution is 2.63. The molecule has 0 aromatic carbocycles. The Morgan fingerprint density at radius 1 is 1.00 bits per heavy atom. The molecule has 2 bridgehead atoms. The molecule has 3 aliphatic heterocycles. The summed E-state index contributed by atoms with van der Waals surface area (Å²) in [4.78, 5) is 47.8. The predicted molar refractivity (Wildman–Crippen MR) is 148 cm³/mol. The Labute approximate surface area is 229 Å². The second-order valence-corrected chi connectivity index (χ2v) is 11.4. The molecular formula is C30H49N3O5. The average Bonchev–Trinajstić information content (AvgIpc) is 3.46. The minimum absolute atomic E-state index is 0.0756. The van der Waals surface area contributed by atoms with Crippen LogP contribution >= 0.6 is 0 Å². The van der Waals surface area contributed by atoms with Crippen molar-refractivity contribution >= 4 is 17.7 Å². The van der Waals surface area contributed by atoms with E-state index in [1.54, 1.807) is 22.0 Å². The number of likely N-dealkylation sites (tertiary alicyclic amines) is 1. The molecule has 0 saturated carbocycles. The maximum atomic E-state index is 14.3. The lowest BCUT2D eigenvalue weighted by molar-refractivity contribution is -0.153. The van der Waals surface area contributed by atoms with Crippen molar-refractivity contribution in [2.24, 2.45) is 11.8 Å². The maximum Gasteiger partial charge on any atom is 0.248 e. The van der Waals surface area contributed by atoms with E-state index < -0.39 is 29.1 Å². The normalized spacial score (nSPS) is 29.4. The van der Waals surface area contributed by atoms with Gasteiger partial charge in [-0.15, -0.1) is 13.2 Å². The topological polar surface area (TPSA) is 90.4 Å². The Bertz CT molecular complexity index is 878. The van der Waals surface area contributed by atoms with Gasteiger partial charge in [-0.25, -0.2) is 0 Å². The van der Waals surface area contributed by atoms with Crippen molar-refractivity contribution in [1.82, 2.24) is 14.7 Å². The highest BCUT2D eigenvalue weighted by atomic mass is 16.5. The van der Waals surface area contributed by atoms with Gasteiger partial charge in [0.15, 0.2) is 0 Å². The molecule has 1 spiro atoms. The van der Waals surface area contributed by atoms with Crippen molar-refractivity contribution in [2.45, 2.75) is 95.8 Å². The molecular weight excluding hydrogens is 482 g/mol. The Morgan fingerprint density at radius 3 is 2.29 bits per heavy atom. The van der Waals surface area contributed by atoms with Crippen LogP contribution in [0.2, 0.25) is 0 Å². The lowest BCUT2D eigenvalue weighted by Crippen LogP contribution is -2.56. The second kappa shape index (κ2) is 13.2. The van der Waals surface area contributed by atoms with Crippen LogP contribution in [0.1, 0.15) is 78.6 Å². The highest BCUT2D eigenvalue weighted by molar-refractivity contribution is 5.99. The first kappa shape index (κ1) is 30.4. The van der Waals surface area contributed by atoms with Gasteiger partial charge in [0.2, 0.25) is 17.7 Å². The second-order valence-electron chi connectivity index (χ2n) is 11.4. The number of rotatable bonds is 17. The lowest BCUT2D eigenvalue weighted by Gasteiger charge is -2.37. The van der Waals surface area contributed by atoms with Crippen molar-refractivity contribution < 1.29 is 24.2 Å². The molecule has 8 nitrogen and oxygen atoms in total. The summed E-state index contributed by atoms with van der Waals surface area (Å²) in [5, 5.41) is 9.24. The van der Waals surface area contributed by atoms with Gasteiger partial charge >= 0.3 is 0 Å². The van der Waals surface area contributed by atoms with E-state index in [1.165, 1.54) is 0 Å². The maximum absolute atomic E-state index is 14.3. The largest absolute Gasteiger partial charge is 0.396 e. The van der Waals surface area contributed by atoms with Crippen LogP contribution in [0.15, 0.2) is 25.3 Å². The Balaban J connectivity index is 2.01. The molecule has 0 aromatic rings. The summed E-state index contributed by atoms with van der Waals surface area (Å²) in [5.74, 6) is -1.62. The van der Waals surface area contributed by atoms with Gasteiger partial charge in [0, 0.05) is 39.3 Å². The average molecular weight is 532 g/mol. The zero-order chi connectivity index (χ0) is 27.9. The molecule has 0 aromatic heterocycles. The molecule has 3 aliphatic rings. The van der Waals surface area contributed by atoms with Gasteiger partial charge in [0.05, 0.1) is 17.4 Å². The fourth-order valence-corrected chi connectivity index (χ4v) is 6.98. The van der Waals surface area contributed by atoms with Gasteiger partial charge in [0.1, 0.15) is 11.6 Å². The summed E-state index contributed by atoms with van der Waals surface area (Å²) in [7, 11) is 0. The molecule has 3 fully saturated rings. The first-order valence-corrected chi connectivity index (χ1v) is 14.7. The van der Waals surface area contributed by atoms with Crippen molar-refractivity contribution in [3.63, 3.8) is 0 Å². The predicted octanol–water partition coefficient (Wildman–Crippen LogP) is 3.54. The molecule has 3 saturated heterocycles. The summed E-state index contributed by atoms with van der Waals surface area (Å²) < 4.78 is 6.78. The standard InChI is InChI=1S/C30H49N3O5/c1-6-10-12-20-32(19-9-4)28(37)25-30-16-15-29(5,38-30)23(26(35)31(17-7-2)18-8-3)24(30)27(36)33(25)21-13-11-14-22-34/h7,9,23-25,34H,2,4,6,8,10-22H2,1,3,5H3/t23-,24+,25?,29+,30?/m1/s1. The van der Waals surface area contributed by atoms with E-state index in [9.17, 15) is 19.5 Å². The van der Waals surface area contributed by atoms with E-state index in [2.05, 4.69) is 20.1 Å². The molecule has 0 radical (unpaired) electrons. The first-order chi connectivity index (χ1) is 18.3. The molecule has 8 heteroatoms. The SMILES string of the molecule is C=CCN(CCCCC)C(=O)C1N(CCCCCO)C(=O)[C@@H]2[C@H](C(=O)N(CC=C)CCC)[C@]3(C)CCC12O3. The van der Waals surface area contributed by atoms with Crippen molar-refractivity contribution in [3.05, 3.63) is 25.3 Å². The Morgan fingerprint density at radius 2 is 1.68 bits per heavy atom. The molecule has 3 amide bonds. The summed E-state index contributed by atoms with van der Waals surface area (Å²) >= 11 is 0. The number of unbranched alkanes of at least 4 members (excludes halogenated alkanes) is 4. The third kappa shape index (κ3) is 5.57. The highest BCUT2D eigenvalue weighted by Gasteiger charge is 2.78. The third-order valence-electron chi connectivity index (χ3n) is 8.68. The minimum Gasteiger partial charge on any atom is -0.396 e. The van der Waals surface area contributed by atoms with Crippen molar-refractivity contribution in [2.75, 3.05) is 39.3 Å². The van der Waals surface area contributed by atoms with Crippen LogP contribution in [0.4, 0.5) is 0 Å². The number of carbonyl (C=O) groups excluding carboxylic acids is 3. The number of carbonyl (C=O) groups is 3. The number of amides is 3. The molecule has 3 heterocycles. The van der Waals surface area contributed by atoms with Crippen molar-refractivity contribution in [3.8, 4) is 0 Å². The van der Waals surface area contributed by atoms with Crippen LogP contribution in [-0.2, 0) is 19.1 Å². The number of fused-ring (bicyclic) bond motifs is 1. The smallest absolute Gasteiger partial charge is 0.248 e. The van der Waals surface area contributed by atoms with Gasteiger partial charge in [-0.05, 0) is 51.9 Å². The summed E-state index contributed by atoms with van der Waals surface area (Å²) in [6.45, 7) is 16.3. The summed E-state index contributed by atoms with van der Waals surface area (Å²) in [6, 6.07) is -0.755. The molecule has 214 valence electrons. The van der Waals surface area contributed by atoms with Gasteiger partial charge in [0.25, 0.3) is 0 Å². The molecule has 5 atom stereocenters. The zero-order valence-corrected chi connectivity index (χ0v) is 23.8. The van der Waals surface area contributed by atoms with Crippen LogP contribution in [0, 0.1) is 11.8 Å². The third-order valence-corrected chi connectivity index (χ3v) is 8.68.